The van der Waals surface area contributed by atoms with Gasteiger partial charge in [0, 0.05) is 0 Å². The predicted molar refractivity (Wildman–Crippen MR) is 46.7 cm³/mol. The molecular formula is C6H7NaO5S2. The second-order valence-corrected chi connectivity index (χ2v) is 5.13. The Balaban J connectivity index is 0. The Hall–Kier alpha value is 0.0800. The molecule has 1 N–H and O–H groups in total. The van der Waals surface area contributed by atoms with Crippen LogP contribution in [0.25, 0.3) is 0 Å². The van der Waals surface area contributed by atoms with Crippen LogP contribution in [0.1, 0.15) is 0 Å². The van der Waals surface area contributed by atoms with Crippen LogP contribution in [0.5, 0.6) is 0 Å². The van der Waals surface area contributed by atoms with E-state index in [1.54, 1.807) is 0 Å². The summed E-state index contributed by atoms with van der Waals surface area (Å²) in [4.78, 5) is 0. The van der Waals surface area contributed by atoms with Crippen LogP contribution in [0, 0.1) is 0 Å². The molecule has 5 nitrogen and oxygen atoms in total. The van der Waals surface area contributed by atoms with Gasteiger partial charge in [-0.05, 0) is 0 Å². The van der Waals surface area contributed by atoms with E-state index in [-0.39, 0.29) is 29.6 Å². The van der Waals surface area contributed by atoms with E-state index < -0.39 is 18.9 Å². The van der Waals surface area contributed by atoms with Gasteiger partial charge in [-0.3, -0.25) is 4.55 Å². The Labute approximate surface area is 106 Å². The van der Waals surface area contributed by atoms with Crippen LogP contribution in [-0.2, 0) is 27.3 Å². The summed E-state index contributed by atoms with van der Waals surface area (Å²) < 4.78 is 44.4. The number of rotatable bonds is 1. The molecule has 0 atom stereocenters. The van der Waals surface area contributed by atoms with Gasteiger partial charge in [0.15, 0.2) is 0 Å². The summed E-state index contributed by atoms with van der Waals surface area (Å²) in [5.74, 6) is 0. The minimum Gasteiger partial charge on any atom is -0.407 e. The third kappa shape index (κ3) is 10.2. The minimum absolute atomic E-state index is 0. The van der Waals surface area contributed by atoms with Crippen molar-refractivity contribution in [2.45, 2.75) is 0 Å². The first kappa shape index (κ1) is 16.5. The average Bonchev–Trinajstić information content (AvgIpc) is 2.07. The molecule has 0 bridgehead atoms. The van der Waals surface area contributed by atoms with Gasteiger partial charge < -0.3 is 8.42 Å². The molecule has 0 radical (unpaired) electrons. The van der Waals surface area contributed by atoms with Crippen LogP contribution in [0.2, 0.25) is 0 Å². The van der Waals surface area contributed by atoms with E-state index in [0.717, 1.165) is 0 Å². The molecule has 0 amide bonds. The van der Waals surface area contributed by atoms with E-state index >= 15 is 0 Å². The van der Waals surface area contributed by atoms with Gasteiger partial charge in [-0.1, -0.05) is 36.4 Å². The molecular weight excluding hydrogens is 239 g/mol. The maximum atomic E-state index is 9.27. The molecule has 1 aromatic carbocycles. The zero-order valence-electron chi connectivity index (χ0n) is 7.36. The number of hydrogen-bond acceptors (Lipinski definition) is 5. The van der Waals surface area contributed by atoms with Gasteiger partial charge in [-0.2, -0.15) is 0 Å². The molecule has 0 aliphatic rings. The summed E-state index contributed by atoms with van der Waals surface area (Å²) in [6, 6.07) is 12.0. The van der Waals surface area contributed by atoms with Gasteiger partial charge in [-0.25, -0.2) is 8.42 Å². The fourth-order valence-electron chi connectivity index (χ4n) is 0.385. The zero-order chi connectivity index (χ0) is 10.3. The van der Waals surface area contributed by atoms with Gasteiger partial charge in [0.1, 0.15) is 0 Å². The second-order valence-electron chi connectivity index (χ2n) is 1.79. The Morgan fingerprint density at radius 3 is 1.07 bits per heavy atom. The molecule has 0 aliphatic carbocycles. The van der Waals surface area contributed by atoms with E-state index in [4.69, 9.17) is 4.55 Å². The SMILES string of the molecule is O=[S-](=O)S(=O)(=O)O.[Na+].c1ccccc1. The fraction of sp³-hybridized carbons (Fsp3) is 0. The van der Waals surface area contributed by atoms with Crippen LogP contribution in [0.3, 0.4) is 0 Å². The summed E-state index contributed by atoms with van der Waals surface area (Å²) in [5, 5.41) is 0. The zero-order valence-corrected chi connectivity index (χ0v) is 11.0. The summed E-state index contributed by atoms with van der Waals surface area (Å²) >= 11 is 0. The number of hydrogen-bond donors (Lipinski definition) is 1. The topological polar surface area (TPSA) is 88.5 Å². The molecule has 0 aromatic heterocycles. The molecule has 1 aromatic rings. The van der Waals surface area contributed by atoms with Crippen molar-refractivity contribution in [3.8, 4) is 0 Å². The molecule has 0 unspecified atom stereocenters. The average molecular weight is 246 g/mol. The third-order valence-electron chi connectivity index (χ3n) is 0.839. The summed E-state index contributed by atoms with van der Waals surface area (Å²) in [5.41, 5.74) is 0. The molecule has 0 saturated heterocycles. The summed E-state index contributed by atoms with van der Waals surface area (Å²) in [7, 11) is -8.23. The maximum absolute atomic E-state index is 9.27. The Morgan fingerprint density at radius 2 is 1.00 bits per heavy atom. The predicted octanol–water partition coefficient (Wildman–Crippen LogP) is -2.21. The standard InChI is InChI=1S/C6H6.Na.HO5S2/c1-2-4-6-5-3-1;;1-6(2)7(3,4)5/h1-6H;;(H,3,4,5)/q;+1;-1. The van der Waals surface area contributed by atoms with Crippen LogP contribution >= 0.6 is 0 Å². The van der Waals surface area contributed by atoms with Crippen molar-refractivity contribution in [1.82, 2.24) is 0 Å². The van der Waals surface area contributed by atoms with E-state index in [0.29, 0.717) is 0 Å². The van der Waals surface area contributed by atoms with Crippen LogP contribution in [-0.4, -0.2) is 13.0 Å². The first-order chi connectivity index (χ1) is 5.94. The molecule has 8 heteroatoms. The van der Waals surface area contributed by atoms with Crippen LogP contribution in [0.15, 0.2) is 36.4 Å². The second kappa shape index (κ2) is 8.39. The van der Waals surface area contributed by atoms with Crippen molar-refractivity contribution in [3.63, 3.8) is 0 Å². The van der Waals surface area contributed by atoms with Crippen molar-refractivity contribution >= 4 is 18.9 Å². The van der Waals surface area contributed by atoms with Gasteiger partial charge in [0.25, 0.3) is 0 Å². The smallest absolute Gasteiger partial charge is 0.407 e. The van der Waals surface area contributed by atoms with E-state index in [1.165, 1.54) is 0 Å². The van der Waals surface area contributed by atoms with Gasteiger partial charge in [0.05, 0.1) is 9.74 Å². The largest absolute Gasteiger partial charge is 1.00 e. The van der Waals surface area contributed by atoms with Gasteiger partial charge in [-0.15, -0.1) is 0 Å². The third-order valence-corrected chi connectivity index (χ3v) is 2.21. The molecule has 14 heavy (non-hydrogen) atoms. The Bertz CT molecular complexity index is 363. The normalized spacial score (nSPS) is 9.57. The maximum Gasteiger partial charge on any atom is 1.00 e. The first-order valence-corrected chi connectivity index (χ1v) is 6.05. The quantitative estimate of drug-likeness (QED) is 0.263. The monoisotopic (exact) mass is 246 g/mol. The first-order valence-electron chi connectivity index (χ1n) is 3.02. The van der Waals surface area contributed by atoms with Gasteiger partial charge >= 0.3 is 29.6 Å². The van der Waals surface area contributed by atoms with Crippen LogP contribution in [0.4, 0.5) is 0 Å². The van der Waals surface area contributed by atoms with E-state index in [9.17, 15) is 16.8 Å². The molecule has 0 saturated carbocycles. The van der Waals surface area contributed by atoms with Gasteiger partial charge in [0.2, 0.25) is 9.15 Å². The number of benzene rings is 1. The molecule has 0 spiro atoms. The molecule has 1 rings (SSSR count). The van der Waals surface area contributed by atoms with Crippen molar-refractivity contribution in [2.75, 3.05) is 0 Å². The summed E-state index contributed by atoms with van der Waals surface area (Å²) in [6.07, 6.45) is 0. The Morgan fingerprint density at radius 1 is 0.857 bits per heavy atom. The Kier molecular flexibility index (Phi) is 9.90. The van der Waals surface area contributed by atoms with E-state index in [2.05, 4.69) is 0 Å². The van der Waals surface area contributed by atoms with Crippen LogP contribution < -0.4 is 29.6 Å². The minimum atomic E-state index is -4.82. The van der Waals surface area contributed by atoms with Crippen molar-refractivity contribution in [2.24, 2.45) is 0 Å². The molecule has 0 fully saturated rings. The van der Waals surface area contributed by atoms with Crippen molar-refractivity contribution in [1.29, 1.82) is 0 Å². The fourth-order valence-corrected chi connectivity index (χ4v) is 0.385. The van der Waals surface area contributed by atoms with Crippen molar-refractivity contribution in [3.05, 3.63) is 36.4 Å². The summed E-state index contributed by atoms with van der Waals surface area (Å²) in [6.45, 7) is 0. The molecule has 74 valence electrons. The molecule has 0 heterocycles. The van der Waals surface area contributed by atoms with Crippen molar-refractivity contribution < 1.29 is 50.9 Å². The molecule has 0 aliphatic heterocycles. The van der Waals surface area contributed by atoms with E-state index in [1.807, 2.05) is 36.4 Å².